The number of aromatic nitrogens is 3. The monoisotopic (exact) mass is 222 g/mol. The first-order chi connectivity index (χ1) is 7.22. The van der Waals surface area contributed by atoms with Crippen LogP contribution in [0.15, 0.2) is 24.5 Å². The maximum Gasteiger partial charge on any atom is 0.239 e. The van der Waals surface area contributed by atoms with Gasteiger partial charge in [0.25, 0.3) is 0 Å². The molecular weight excluding hydrogens is 212 g/mol. The summed E-state index contributed by atoms with van der Waals surface area (Å²) in [4.78, 5) is 3.88. The first kappa shape index (κ1) is 9.98. The van der Waals surface area contributed by atoms with Gasteiger partial charge in [0.05, 0.1) is 10.7 Å². The van der Waals surface area contributed by atoms with E-state index in [2.05, 4.69) is 17.0 Å². The van der Waals surface area contributed by atoms with E-state index in [0.29, 0.717) is 5.02 Å². The van der Waals surface area contributed by atoms with E-state index in [-0.39, 0.29) is 5.95 Å². The highest BCUT2D eigenvalue weighted by Gasteiger charge is 2.09. The van der Waals surface area contributed by atoms with Crippen LogP contribution in [-0.4, -0.2) is 14.8 Å². The van der Waals surface area contributed by atoms with Crippen molar-refractivity contribution in [3.8, 4) is 5.69 Å². The average Bonchev–Trinajstić information content (AvgIpc) is 2.64. The molecule has 0 atom stereocenters. The normalized spacial score (nSPS) is 10.5. The summed E-state index contributed by atoms with van der Waals surface area (Å²) in [5.41, 5.74) is 7.44. The van der Waals surface area contributed by atoms with Crippen molar-refractivity contribution in [1.29, 1.82) is 0 Å². The van der Waals surface area contributed by atoms with E-state index in [4.69, 9.17) is 17.3 Å². The summed E-state index contributed by atoms with van der Waals surface area (Å²) in [6.45, 7) is 2.06. The predicted octanol–water partition coefficient (Wildman–Crippen LogP) is 2.07. The third kappa shape index (κ3) is 1.80. The lowest BCUT2D eigenvalue weighted by atomic mass is 10.1. The highest BCUT2D eigenvalue weighted by Crippen LogP contribution is 2.24. The number of halogens is 1. The van der Waals surface area contributed by atoms with Crippen molar-refractivity contribution in [2.75, 3.05) is 5.73 Å². The van der Waals surface area contributed by atoms with E-state index in [1.807, 2.05) is 18.2 Å². The smallest absolute Gasteiger partial charge is 0.239 e. The van der Waals surface area contributed by atoms with Crippen molar-refractivity contribution < 1.29 is 0 Å². The van der Waals surface area contributed by atoms with Gasteiger partial charge >= 0.3 is 0 Å². The minimum atomic E-state index is 0.247. The van der Waals surface area contributed by atoms with Crippen molar-refractivity contribution in [2.45, 2.75) is 13.3 Å². The van der Waals surface area contributed by atoms with Crippen LogP contribution in [0.5, 0.6) is 0 Å². The van der Waals surface area contributed by atoms with Gasteiger partial charge in [-0.15, -0.1) is 5.10 Å². The van der Waals surface area contributed by atoms with E-state index in [0.717, 1.165) is 17.7 Å². The number of benzene rings is 1. The quantitative estimate of drug-likeness (QED) is 0.846. The molecule has 0 aliphatic heterocycles. The fraction of sp³-hybridized carbons (Fsp3) is 0.200. The summed E-state index contributed by atoms with van der Waals surface area (Å²) in [5, 5.41) is 4.70. The summed E-state index contributed by atoms with van der Waals surface area (Å²) < 4.78 is 1.61. The van der Waals surface area contributed by atoms with Gasteiger partial charge < -0.3 is 5.73 Å². The number of nitrogens with two attached hydrogens (primary N) is 1. The van der Waals surface area contributed by atoms with Crippen molar-refractivity contribution >= 4 is 17.5 Å². The summed E-state index contributed by atoms with van der Waals surface area (Å²) >= 11 is 6.12. The molecule has 0 saturated carbocycles. The van der Waals surface area contributed by atoms with Gasteiger partial charge in [0.15, 0.2) is 0 Å². The number of nitrogen functional groups attached to an aromatic ring is 1. The van der Waals surface area contributed by atoms with Gasteiger partial charge in [-0.2, -0.15) is 0 Å². The van der Waals surface area contributed by atoms with Gasteiger partial charge in [0, 0.05) is 0 Å². The molecule has 2 aromatic rings. The zero-order valence-corrected chi connectivity index (χ0v) is 9.07. The SMILES string of the molecule is CCc1cccc(Cl)c1-n1cnc(N)n1. The number of aryl methyl sites for hydroxylation is 1. The lowest BCUT2D eigenvalue weighted by Crippen LogP contribution is -2.01. The molecule has 0 saturated heterocycles. The van der Waals surface area contributed by atoms with Crippen LogP contribution in [0.25, 0.3) is 5.69 Å². The second-order valence-corrected chi connectivity index (χ2v) is 3.56. The molecule has 1 aromatic carbocycles. The van der Waals surface area contributed by atoms with Crippen LogP contribution in [0.2, 0.25) is 5.02 Å². The topological polar surface area (TPSA) is 56.7 Å². The van der Waals surface area contributed by atoms with Crippen LogP contribution >= 0.6 is 11.6 Å². The van der Waals surface area contributed by atoms with Gasteiger partial charge in [-0.1, -0.05) is 30.7 Å². The van der Waals surface area contributed by atoms with Gasteiger partial charge in [0.1, 0.15) is 6.33 Å². The first-order valence-corrected chi connectivity index (χ1v) is 5.05. The molecule has 0 amide bonds. The fourth-order valence-corrected chi connectivity index (χ4v) is 1.77. The molecule has 0 aliphatic rings. The molecular formula is C10H11ClN4. The summed E-state index contributed by atoms with van der Waals surface area (Å²) in [5.74, 6) is 0.247. The second kappa shape index (κ2) is 3.90. The van der Waals surface area contributed by atoms with Gasteiger partial charge in [-0.05, 0) is 18.1 Å². The van der Waals surface area contributed by atoms with Crippen LogP contribution in [-0.2, 0) is 6.42 Å². The van der Waals surface area contributed by atoms with Crippen LogP contribution in [0.3, 0.4) is 0 Å². The number of hydrogen-bond acceptors (Lipinski definition) is 3. The van der Waals surface area contributed by atoms with Crippen molar-refractivity contribution in [2.24, 2.45) is 0 Å². The Bertz CT molecular complexity index is 478. The predicted molar refractivity (Wildman–Crippen MR) is 60.2 cm³/mol. The van der Waals surface area contributed by atoms with Gasteiger partial charge in [-0.3, -0.25) is 0 Å². The molecule has 0 unspecified atom stereocenters. The third-order valence-corrected chi connectivity index (χ3v) is 2.49. The summed E-state index contributed by atoms with van der Waals surface area (Å²) in [6, 6.07) is 5.76. The zero-order chi connectivity index (χ0) is 10.8. The van der Waals surface area contributed by atoms with Crippen LogP contribution in [0.4, 0.5) is 5.95 Å². The maximum absolute atomic E-state index is 6.12. The van der Waals surface area contributed by atoms with Crippen molar-refractivity contribution in [3.05, 3.63) is 35.1 Å². The Morgan fingerprint density at radius 2 is 2.27 bits per heavy atom. The number of anilines is 1. The van der Waals surface area contributed by atoms with E-state index in [1.54, 1.807) is 11.0 Å². The van der Waals surface area contributed by atoms with Crippen molar-refractivity contribution in [3.63, 3.8) is 0 Å². The Balaban J connectivity index is 2.60. The molecule has 0 aliphatic carbocycles. The molecule has 0 radical (unpaired) electrons. The molecule has 15 heavy (non-hydrogen) atoms. The van der Waals surface area contributed by atoms with E-state index < -0.39 is 0 Å². The molecule has 1 heterocycles. The Labute approximate surface area is 92.7 Å². The number of para-hydroxylation sites is 1. The molecule has 78 valence electrons. The van der Waals surface area contributed by atoms with Crippen molar-refractivity contribution in [1.82, 2.24) is 14.8 Å². The minimum Gasteiger partial charge on any atom is -0.366 e. The second-order valence-electron chi connectivity index (χ2n) is 3.15. The molecule has 0 bridgehead atoms. The Morgan fingerprint density at radius 3 is 2.87 bits per heavy atom. The molecule has 2 N–H and O–H groups in total. The number of rotatable bonds is 2. The molecule has 4 nitrogen and oxygen atoms in total. The standard InChI is InChI=1S/C10H11ClN4/c1-2-7-4-3-5-8(11)9(7)15-6-13-10(12)14-15/h3-6H,2H2,1H3,(H2,12,14). The molecule has 1 aromatic heterocycles. The van der Waals surface area contributed by atoms with E-state index in [9.17, 15) is 0 Å². The largest absolute Gasteiger partial charge is 0.366 e. The molecule has 0 spiro atoms. The minimum absolute atomic E-state index is 0.247. The van der Waals surface area contributed by atoms with Crippen LogP contribution < -0.4 is 5.73 Å². The summed E-state index contributed by atoms with van der Waals surface area (Å²) in [6.07, 6.45) is 2.45. The van der Waals surface area contributed by atoms with Crippen LogP contribution in [0.1, 0.15) is 12.5 Å². The average molecular weight is 223 g/mol. The number of nitrogens with zero attached hydrogens (tertiary/aromatic N) is 3. The third-order valence-electron chi connectivity index (χ3n) is 2.19. The lowest BCUT2D eigenvalue weighted by Gasteiger charge is -2.08. The molecule has 5 heteroatoms. The van der Waals surface area contributed by atoms with Gasteiger partial charge in [0.2, 0.25) is 5.95 Å². The Morgan fingerprint density at radius 1 is 1.47 bits per heavy atom. The van der Waals surface area contributed by atoms with Gasteiger partial charge in [-0.25, -0.2) is 9.67 Å². The maximum atomic E-state index is 6.12. The Kier molecular flexibility index (Phi) is 2.60. The fourth-order valence-electron chi connectivity index (χ4n) is 1.49. The first-order valence-electron chi connectivity index (χ1n) is 4.67. The zero-order valence-electron chi connectivity index (χ0n) is 8.31. The van der Waals surface area contributed by atoms with Crippen LogP contribution in [0, 0.1) is 0 Å². The lowest BCUT2D eigenvalue weighted by molar-refractivity contribution is 0.865. The highest BCUT2D eigenvalue weighted by atomic mass is 35.5. The number of hydrogen-bond donors (Lipinski definition) is 1. The highest BCUT2D eigenvalue weighted by molar-refractivity contribution is 6.32. The Hall–Kier alpha value is -1.55. The van der Waals surface area contributed by atoms with E-state index >= 15 is 0 Å². The summed E-state index contributed by atoms with van der Waals surface area (Å²) in [7, 11) is 0. The van der Waals surface area contributed by atoms with E-state index in [1.165, 1.54) is 0 Å². The molecule has 0 fully saturated rings. The molecule has 2 rings (SSSR count).